The Morgan fingerprint density at radius 3 is 2.33 bits per heavy atom. The van der Waals surface area contributed by atoms with Crippen molar-refractivity contribution >= 4 is 28.9 Å². The van der Waals surface area contributed by atoms with E-state index in [1.54, 1.807) is 0 Å². The standard InChI is InChI=1S/C21H26N4OS/c1-17-7-9-18(10-8-17)20(22-19-5-3-2-4-6-19)23-21(27)25-13-11-24(12-14-25)15-16-26/h2-10,26H,11-16H2,1H3,(H,22,23,27). The Balaban J connectivity index is 1.77. The molecule has 27 heavy (non-hydrogen) atoms. The first kappa shape index (κ1) is 19.5. The largest absolute Gasteiger partial charge is 0.395 e. The second-order valence-corrected chi connectivity index (χ2v) is 7.02. The zero-order valence-corrected chi connectivity index (χ0v) is 16.5. The molecule has 0 atom stereocenters. The van der Waals surface area contributed by atoms with Crippen LogP contribution in [0, 0.1) is 6.92 Å². The molecule has 3 rings (SSSR count). The van der Waals surface area contributed by atoms with Gasteiger partial charge in [0.05, 0.1) is 6.61 Å². The lowest BCUT2D eigenvalue weighted by molar-refractivity contribution is 0.148. The summed E-state index contributed by atoms with van der Waals surface area (Å²) in [4.78, 5) is 9.13. The van der Waals surface area contributed by atoms with Crippen LogP contribution in [-0.4, -0.2) is 65.2 Å². The van der Waals surface area contributed by atoms with Crippen LogP contribution in [-0.2, 0) is 0 Å². The summed E-state index contributed by atoms with van der Waals surface area (Å²) in [5, 5.41) is 13.1. The van der Waals surface area contributed by atoms with E-state index < -0.39 is 0 Å². The maximum atomic E-state index is 9.09. The highest BCUT2D eigenvalue weighted by atomic mass is 32.1. The van der Waals surface area contributed by atoms with Crippen molar-refractivity contribution in [3.63, 3.8) is 0 Å². The molecule has 6 heteroatoms. The van der Waals surface area contributed by atoms with Crippen molar-refractivity contribution < 1.29 is 5.11 Å². The van der Waals surface area contributed by atoms with E-state index in [0.29, 0.717) is 11.7 Å². The Bertz CT molecular complexity index is 769. The molecule has 0 aromatic heterocycles. The highest BCUT2D eigenvalue weighted by Gasteiger charge is 2.19. The number of anilines is 1. The number of aryl methyl sites for hydroxylation is 1. The van der Waals surface area contributed by atoms with E-state index in [9.17, 15) is 0 Å². The third-order valence-corrected chi connectivity index (χ3v) is 4.98. The smallest absolute Gasteiger partial charge is 0.197 e. The molecule has 2 N–H and O–H groups in total. The van der Waals surface area contributed by atoms with Crippen molar-refractivity contribution in [1.82, 2.24) is 9.80 Å². The number of para-hydroxylation sites is 1. The number of nitrogens with zero attached hydrogens (tertiary/aromatic N) is 3. The van der Waals surface area contributed by atoms with Gasteiger partial charge in [-0.05, 0) is 31.3 Å². The van der Waals surface area contributed by atoms with Crippen LogP contribution in [0.3, 0.4) is 0 Å². The average molecular weight is 383 g/mol. The molecule has 2 aromatic carbocycles. The zero-order chi connectivity index (χ0) is 19.1. The van der Waals surface area contributed by atoms with E-state index in [1.807, 2.05) is 30.3 Å². The van der Waals surface area contributed by atoms with Gasteiger partial charge in [0.1, 0.15) is 5.84 Å². The molecule has 0 unspecified atom stereocenters. The number of aliphatic hydroxyl groups is 1. The Kier molecular flexibility index (Phi) is 6.92. The number of hydrogen-bond acceptors (Lipinski definition) is 3. The van der Waals surface area contributed by atoms with Crippen molar-refractivity contribution in [2.75, 3.05) is 44.6 Å². The van der Waals surface area contributed by atoms with E-state index in [1.165, 1.54) is 5.56 Å². The van der Waals surface area contributed by atoms with Gasteiger partial charge in [-0.3, -0.25) is 4.90 Å². The zero-order valence-electron chi connectivity index (χ0n) is 15.6. The molecule has 0 amide bonds. The summed E-state index contributed by atoms with van der Waals surface area (Å²) in [7, 11) is 0. The second kappa shape index (κ2) is 9.60. The lowest BCUT2D eigenvalue weighted by Gasteiger charge is -2.34. The molecule has 0 spiro atoms. The predicted octanol–water partition coefficient (Wildman–Crippen LogP) is 2.75. The van der Waals surface area contributed by atoms with E-state index >= 15 is 0 Å². The molecule has 5 nitrogen and oxygen atoms in total. The van der Waals surface area contributed by atoms with Gasteiger partial charge < -0.3 is 15.3 Å². The normalized spacial score (nSPS) is 15.6. The van der Waals surface area contributed by atoms with Gasteiger partial charge in [-0.15, -0.1) is 0 Å². The first-order valence-electron chi connectivity index (χ1n) is 9.25. The van der Waals surface area contributed by atoms with Crippen molar-refractivity contribution in [3.8, 4) is 0 Å². The predicted molar refractivity (Wildman–Crippen MR) is 115 cm³/mol. The van der Waals surface area contributed by atoms with Crippen LogP contribution in [0.2, 0.25) is 0 Å². The molecule has 1 saturated heterocycles. The molecule has 0 radical (unpaired) electrons. The minimum Gasteiger partial charge on any atom is -0.395 e. The maximum absolute atomic E-state index is 9.09. The number of benzene rings is 2. The molecule has 1 aliphatic heterocycles. The highest BCUT2D eigenvalue weighted by molar-refractivity contribution is 7.80. The highest BCUT2D eigenvalue weighted by Crippen LogP contribution is 2.12. The second-order valence-electron chi connectivity index (χ2n) is 6.65. The van der Waals surface area contributed by atoms with Crippen LogP contribution in [0.5, 0.6) is 0 Å². The van der Waals surface area contributed by atoms with Gasteiger partial charge in [-0.1, -0.05) is 48.0 Å². The van der Waals surface area contributed by atoms with Gasteiger partial charge in [-0.25, -0.2) is 4.99 Å². The van der Waals surface area contributed by atoms with Gasteiger partial charge in [0.15, 0.2) is 5.11 Å². The fourth-order valence-electron chi connectivity index (χ4n) is 3.00. The number of aliphatic hydroxyl groups excluding tert-OH is 1. The molecule has 142 valence electrons. The van der Waals surface area contributed by atoms with Gasteiger partial charge in [0, 0.05) is 44.0 Å². The third kappa shape index (κ3) is 5.60. The molecule has 0 saturated carbocycles. The van der Waals surface area contributed by atoms with Crippen molar-refractivity contribution in [2.45, 2.75) is 6.92 Å². The SMILES string of the molecule is Cc1ccc(C(=NC(=S)N2CCN(CCO)CC2)Nc2ccccc2)cc1. The van der Waals surface area contributed by atoms with E-state index in [-0.39, 0.29) is 6.61 Å². The Hall–Kier alpha value is -2.28. The minimum absolute atomic E-state index is 0.196. The number of piperazine rings is 1. The summed E-state index contributed by atoms with van der Waals surface area (Å²) in [5.41, 5.74) is 3.19. The van der Waals surface area contributed by atoms with Crippen LogP contribution >= 0.6 is 12.2 Å². The maximum Gasteiger partial charge on any atom is 0.197 e. The third-order valence-electron chi connectivity index (χ3n) is 4.63. The number of β-amino-alcohol motifs (C(OH)–C–C–N with tert-alkyl or cyclic N) is 1. The fraction of sp³-hybridized carbons (Fsp3) is 0.333. The summed E-state index contributed by atoms with van der Waals surface area (Å²) in [5.74, 6) is 0.754. The monoisotopic (exact) mass is 382 g/mol. The Morgan fingerprint density at radius 1 is 1.04 bits per heavy atom. The van der Waals surface area contributed by atoms with E-state index in [2.05, 4.69) is 46.3 Å². The molecule has 1 heterocycles. The lowest BCUT2D eigenvalue weighted by atomic mass is 10.1. The number of amidine groups is 1. The van der Waals surface area contributed by atoms with Gasteiger partial charge >= 0.3 is 0 Å². The molecule has 0 aliphatic carbocycles. The van der Waals surface area contributed by atoms with Gasteiger partial charge in [0.25, 0.3) is 0 Å². The van der Waals surface area contributed by atoms with Crippen molar-refractivity contribution in [2.24, 2.45) is 4.99 Å². The lowest BCUT2D eigenvalue weighted by Crippen LogP contribution is -2.48. The topological polar surface area (TPSA) is 51.1 Å². The van der Waals surface area contributed by atoms with Crippen LogP contribution in [0.25, 0.3) is 0 Å². The molecule has 2 aromatic rings. The van der Waals surface area contributed by atoms with Crippen LogP contribution < -0.4 is 5.32 Å². The first-order valence-corrected chi connectivity index (χ1v) is 9.66. The molecule has 0 bridgehead atoms. The Labute approximate surface area is 166 Å². The number of hydrogen-bond donors (Lipinski definition) is 2. The average Bonchev–Trinajstić information content (AvgIpc) is 2.70. The summed E-state index contributed by atoms with van der Waals surface area (Å²) in [6.07, 6.45) is 0. The van der Waals surface area contributed by atoms with Gasteiger partial charge in [0.2, 0.25) is 0 Å². The number of rotatable bonds is 4. The minimum atomic E-state index is 0.196. The Morgan fingerprint density at radius 2 is 1.70 bits per heavy atom. The molecular weight excluding hydrogens is 356 g/mol. The van der Waals surface area contributed by atoms with Gasteiger partial charge in [-0.2, -0.15) is 0 Å². The number of aliphatic imine (C=N–C) groups is 1. The van der Waals surface area contributed by atoms with Crippen LogP contribution in [0.15, 0.2) is 59.6 Å². The molecular formula is C21H26N4OS. The van der Waals surface area contributed by atoms with Crippen molar-refractivity contribution in [1.29, 1.82) is 0 Å². The quantitative estimate of drug-likeness (QED) is 0.484. The first-order chi connectivity index (χ1) is 13.2. The van der Waals surface area contributed by atoms with Crippen molar-refractivity contribution in [3.05, 3.63) is 65.7 Å². The van der Waals surface area contributed by atoms with E-state index in [4.69, 9.17) is 22.3 Å². The molecule has 1 aliphatic rings. The summed E-state index contributed by atoms with van der Waals surface area (Å²) in [6, 6.07) is 18.3. The summed E-state index contributed by atoms with van der Waals surface area (Å²) >= 11 is 5.63. The summed E-state index contributed by atoms with van der Waals surface area (Å²) in [6.45, 7) is 6.42. The van der Waals surface area contributed by atoms with Crippen LogP contribution in [0.4, 0.5) is 5.69 Å². The number of nitrogens with one attached hydrogen (secondary N) is 1. The molecule has 1 fully saturated rings. The fourth-order valence-corrected chi connectivity index (χ4v) is 3.28. The summed E-state index contributed by atoms with van der Waals surface area (Å²) < 4.78 is 0. The van der Waals surface area contributed by atoms with Crippen LogP contribution in [0.1, 0.15) is 11.1 Å². The number of thiocarbonyl (C=S) groups is 1. The van der Waals surface area contributed by atoms with E-state index in [0.717, 1.165) is 43.3 Å².